The normalized spacial score (nSPS) is 20.3. The molecular formula is C16H24N2O. The molecule has 1 aromatic rings. The Balaban J connectivity index is 1.95. The molecule has 1 fully saturated rings. The Bertz CT molecular complexity index is 421. The number of aryl methyl sites for hydroxylation is 1. The van der Waals surface area contributed by atoms with Gasteiger partial charge < -0.3 is 10.2 Å². The van der Waals surface area contributed by atoms with Gasteiger partial charge in [0.05, 0.1) is 6.04 Å². The standard InChI is InChI=1S/C16H24N2O/c1-12-6-8-14(9-7-12)13(2)18(3)16(19)11-15-5-4-10-17-15/h6-9,13,15,17H,4-5,10-11H2,1-3H3. The van der Waals surface area contributed by atoms with Crippen LogP contribution >= 0.6 is 0 Å². The Morgan fingerprint density at radius 2 is 2.11 bits per heavy atom. The summed E-state index contributed by atoms with van der Waals surface area (Å²) in [5, 5.41) is 3.38. The molecule has 19 heavy (non-hydrogen) atoms. The van der Waals surface area contributed by atoms with E-state index in [2.05, 4.69) is 43.4 Å². The number of rotatable bonds is 4. The van der Waals surface area contributed by atoms with Crippen LogP contribution < -0.4 is 5.32 Å². The van der Waals surface area contributed by atoms with E-state index >= 15 is 0 Å². The van der Waals surface area contributed by atoms with E-state index in [1.54, 1.807) is 0 Å². The van der Waals surface area contributed by atoms with Crippen LogP contribution in [-0.4, -0.2) is 30.4 Å². The van der Waals surface area contributed by atoms with Crippen molar-refractivity contribution in [2.24, 2.45) is 0 Å². The van der Waals surface area contributed by atoms with Crippen molar-refractivity contribution in [2.75, 3.05) is 13.6 Å². The second-order valence-electron chi connectivity index (χ2n) is 5.59. The summed E-state index contributed by atoms with van der Waals surface area (Å²) in [6.07, 6.45) is 2.93. The lowest BCUT2D eigenvalue weighted by Gasteiger charge is -2.26. The van der Waals surface area contributed by atoms with E-state index < -0.39 is 0 Å². The number of benzene rings is 1. The molecule has 3 nitrogen and oxygen atoms in total. The molecule has 0 spiro atoms. The summed E-state index contributed by atoms with van der Waals surface area (Å²) < 4.78 is 0. The minimum Gasteiger partial charge on any atom is -0.339 e. The zero-order valence-corrected chi connectivity index (χ0v) is 12.1. The lowest BCUT2D eigenvalue weighted by molar-refractivity contribution is -0.132. The Morgan fingerprint density at radius 3 is 2.68 bits per heavy atom. The Morgan fingerprint density at radius 1 is 1.42 bits per heavy atom. The minimum atomic E-state index is 0.134. The molecule has 1 aliphatic rings. The molecule has 1 aromatic carbocycles. The summed E-state index contributed by atoms with van der Waals surface area (Å²) in [5.41, 5.74) is 2.45. The van der Waals surface area contributed by atoms with Crippen LogP contribution in [0.25, 0.3) is 0 Å². The SMILES string of the molecule is Cc1ccc(C(C)N(C)C(=O)CC2CCCN2)cc1. The summed E-state index contributed by atoms with van der Waals surface area (Å²) in [4.78, 5) is 14.1. The molecule has 104 valence electrons. The predicted octanol–water partition coefficient (Wildman–Crippen LogP) is 2.66. The predicted molar refractivity (Wildman–Crippen MR) is 78.0 cm³/mol. The van der Waals surface area contributed by atoms with E-state index in [0.29, 0.717) is 12.5 Å². The maximum atomic E-state index is 12.3. The molecule has 2 unspecified atom stereocenters. The Hall–Kier alpha value is -1.35. The van der Waals surface area contributed by atoms with Gasteiger partial charge in [0.2, 0.25) is 5.91 Å². The molecule has 0 saturated carbocycles. The van der Waals surface area contributed by atoms with Crippen molar-refractivity contribution in [3.8, 4) is 0 Å². The maximum Gasteiger partial charge on any atom is 0.224 e. The van der Waals surface area contributed by atoms with Gasteiger partial charge in [-0.15, -0.1) is 0 Å². The lowest BCUT2D eigenvalue weighted by atomic mass is 10.0. The highest BCUT2D eigenvalue weighted by Gasteiger charge is 2.22. The average molecular weight is 260 g/mol. The Kier molecular flexibility index (Phi) is 4.59. The zero-order valence-electron chi connectivity index (χ0n) is 12.1. The molecule has 0 radical (unpaired) electrons. The van der Waals surface area contributed by atoms with Gasteiger partial charge in [-0.1, -0.05) is 29.8 Å². The smallest absolute Gasteiger partial charge is 0.224 e. The van der Waals surface area contributed by atoms with Crippen molar-refractivity contribution in [2.45, 2.75) is 45.2 Å². The highest BCUT2D eigenvalue weighted by molar-refractivity contribution is 5.77. The van der Waals surface area contributed by atoms with E-state index in [1.807, 2.05) is 11.9 Å². The maximum absolute atomic E-state index is 12.3. The van der Waals surface area contributed by atoms with Crippen LogP contribution in [0, 0.1) is 6.92 Å². The molecule has 1 saturated heterocycles. The Labute approximate surface area is 116 Å². The highest BCUT2D eigenvalue weighted by atomic mass is 16.2. The molecule has 1 N–H and O–H groups in total. The van der Waals surface area contributed by atoms with Crippen molar-refractivity contribution < 1.29 is 4.79 Å². The van der Waals surface area contributed by atoms with Gasteiger partial charge in [0, 0.05) is 19.5 Å². The number of nitrogens with one attached hydrogen (secondary N) is 1. The first-order valence-corrected chi connectivity index (χ1v) is 7.13. The third-order valence-corrected chi connectivity index (χ3v) is 4.12. The van der Waals surface area contributed by atoms with Crippen molar-refractivity contribution >= 4 is 5.91 Å². The van der Waals surface area contributed by atoms with Crippen LogP contribution in [-0.2, 0) is 4.79 Å². The number of nitrogens with zero attached hydrogens (tertiary/aromatic N) is 1. The number of hydrogen-bond acceptors (Lipinski definition) is 2. The number of amides is 1. The lowest BCUT2D eigenvalue weighted by Crippen LogP contribution is -2.34. The first-order chi connectivity index (χ1) is 9.08. The summed E-state index contributed by atoms with van der Waals surface area (Å²) in [5.74, 6) is 0.229. The number of carbonyl (C=O) groups excluding carboxylic acids is 1. The van der Waals surface area contributed by atoms with E-state index in [-0.39, 0.29) is 11.9 Å². The topological polar surface area (TPSA) is 32.3 Å². The first kappa shape index (κ1) is 14.1. The van der Waals surface area contributed by atoms with Crippen LogP contribution in [0.15, 0.2) is 24.3 Å². The summed E-state index contributed by atoms with van der Waals surface area (Å²) in [6, 6.07) is 8.93. The second-order valence-corrected chi connectivity index (χ2v) is 5.59. The largest absolute Gasteiger partial charge is 0.339 e. The van der Waals surface area contributed by atoms with E-state index in [4.69, 9.17) is 0 Å². The van der Waals surface area contributed by atoms with Gasteiger partial charge in [0.15, 0.2) is 0 Å². The molecule has 1 heterocycles. The van der Waals surface area contributed by atoms with Crippen molar-refractivity contribution in [1.29, 1.82) is 0 Å². The molecule has 3 heteroatoms. The fraction of sp³-hybridized carbons (Fsp3) is 0.562. The van der Waals surface area contributed by atoms with Gasteiger partial charge >= 0.3 is 0 Å². The second kappa shape index (κ2) is 6.20. The summed E-state index contributed by atoms with van der Waals surface area (Å²) in [7, 11) is 1.90. The van der Waals surface area contributed by atoms with Crippen LogP contribution in [0.2, 0.25) is 0 Å². The van der Waals surface area contributed by atoms with Gasteiger partial charge in [-0.3, -0.25) is 4.79 Å². The molecule has 2 rings (SSSR count). The molecule has 1 aliphatic heterocycles. The van der Waals surface area contributed by atoms with Gasteiger partial charge in [-0.2, -0.15) is 0 Å². The summed E-state index contributed by atoms with van der Waals surface area (Å²) >= 11 is 0. The third-order valence-electron chi connectivity index (χ3n) is 4.12. The first-order valence-electron chi connectivity index (χ1n) is 7.13. The number of carbonyl (C=O) groups is 1. The van der Waals surface area contributed by atoms with Gasteiger partial charge in [0.1, 0.15) is 0 Å². The molecule has 2 atom stereocenters. The average Bonchev–Trinajstić information content (AvgIpc) is 2.90. The molecule has 1 amide bonds. The van der Waals surface area contributed by atoms with Crippen LogP contribution in [0.1, 0.15) is 43.4 Å². The molecule has 0 aliphatic carbocycles. The van der Waals surface area contributed by atoms with Gasteiger partial charge in [-0.25, -0.2) is 0 Å². The van der Waals surface area contributed by atoms with Crippen LogP contribution in [0.4, 0.5) is 0 Å². The fourth-order valence-corrected chi connectivity index (χ4v) is 2.57. The van der Waals surface area contributed by atoms with E-state index in [1.165, 1.54) is 17.5 Å². The van der Waals surface area contributed by atoms with Crippen molar-refractivity contribution in [1.82, 2.24) is 10.2 Å². The molecular weight excluding hydrogens is 236 g/mol. The van der Waals surface area contributed by atoms with Crippen molar-refractivity contribution in [3.63, 3.8) is 0 Å². The third kappa shape index (κ3) is 3.57. The van der Waals surface area contributed by atoms with Crippen LogP contribution in [0.3, 0.4) is 0 Å². The number of hydrogen-bond donors (Lipinski definition) is 1. The molecule has 0 bridgehead atoms. The minimum absolute atomic E-state index is 0.134. The van der Waals surface area contributed by atoms with Crippen molar-refractivity contribution in [3.05, 3.63) is 35.4 Å². The zero-order chi connectivity index (χ0) is 13.8. The monoisotopic (exact) mass is 260 g/mol. The van der Waals surface area contributed by atoms with E-state index in [9.17, 15) is 4.79 Å². The highest BCUT2D eigenvalue weighted by Crippen LogP contribution is 2.21. The summed E-state index contributed by atoms with van der Waals surface area (Å²) in [6.45, 7) is 5.22. The van der Waals surface area contributed by atoms with Gasteiger partial charge in [-0.05, 0) is 38.8 Å². The molecule has 0 aromatic heterocycles. The van der Waals surface area contributed by atoms with Gasteiger partial charge in [0.25, 0.3) is 0 Å². The quantitative estimate of drug-likeness (QED) is 0.902. The van der Waals surface area contributed by atoms with Crippen LogP contribution in [0.5, 0.6) is 0 Å². The fourth-order valence-electron chi connectivity index (χ4n) is 2.57. The van der Waals surface area contributed by atoms with E-state index in [0.717, 1.165) is 13.0 Å².